The van der Waals surface area contributed by atoms with Gasteiger partial charge in [0.2, 0.25) is 5.91 Å². The maximum Gasteiger partial charge on any atom is 0.223 e. The van der Waals surface area contributed by atoms with E-state index in [9.17, 15) is 4.79 Å². The minimum absolute atomic E-state index is 0. The molecule has 7 heteroatoms. The van der Waals surface area contributed by atoms with Gasteiger partial charge in [-0.2, -0.15) is 0 Å². The monoisotopic (exact) mass is 381 g/mol. The lowest BCUT2D eigenvalue weighted by atomic mass is 10.0. The summed E-state index contributed by atoms with van der Waals surface area (Å²) in [4.78, 5) is 16.9. The number of piperazine rings is 1. The molecule has 0 radical (unpaired) electrons. The van der Waals surface area contributed by atoms with Gasteiger partial charge < -0.3 is 19.7 Å². The van der Waals surface area contributed by atoms with Crippen LogP contribution in [0.1, 0.15) is 30.9 Å². The van der Waals surface area contributed by atoms with Gasteiger partial charge in [0, 0.05) is 50.7 Å². The van der Waals surface area contributed by atoms with E-state index in [1.807, 2.05) is 17.0 Å². The molecule has 4 rings (SSSR count). The van der Waals surface area contributed by atoms with Crippen molar-refractivity contribution in [1.82, 2.24) is 15.1 Å². The summed E-state index contributed by atoms with van der Waals surface area (Å²) < 4.78 is 11.6. The second-order valence-electron chi connectivity index (χ2n) is 6.95. The van der Waals surface area contributed by atoms with Crippen molar-refractivity contribution in [3.8, 4) is 11.5 Å². The number of ether oxygens (including phenoxy) is 2. The van der Waals surface area contributed by atoms with Crippen molar-refractivity contribution in [2.75, 3.05) is 52.5 Å². The number of rotatable bonds is 4. The van der Waals surface area contributed by atoms with Crippen LogP contribution in [0.5, 0.6) is 11.5 Å². The minimum atomic E-state index is 0. The third kappa shape index (κ3) is 4.08. The number of benzene rings is 1. The zero-order valence-corrected chi connectivity index (χ0v) is 15.9. The van der Waals surface area contributed by atoms with Crippen LogP contribution in [-0.2, 0) is 4.79 Å². The van der Waals surface area contributed by atoms with Crippen LogP contribution in [0, 0.1) is 0 Å². The van der Waals surface area contributed by atoms with Crippen LogP contribution >= 0.6 is 12.4 Å². The molecule has 2 fully saturated rings. The Morgan fingerprint density at radius 3 is 2.81 bits per heavy atom. The van der Waals surface area contributed by atoms with E-state index in [4.69, 9.17) is 9.47 Å². The highest BCUT2D eigenvalue weighted by Gasteiger charge is 2.31. The van der Waals surface area contributed by atoms with Crippen molar-refractivity contribution >= 4 is 18.3 Å². The normalized spacial score (nSPS) is 22.8. The number of nitrogens with one attached hydrogen (secondary N) is 1. The first-order chi connectivity index (χ1) is 12.3. The lowest BCUT2D eigenvalue weighted by Crippen LogP contribution is -2.47. The highest BCUT2D eigenvalue weighted by molar-refractivity contribution is 5.85. The molecule has 3 aliphatic heterocycles. The molecule has 0 bridgehead atoms. The Bertz CT molecular complexity index is 622. The number of hydrogen-bond donors (Lipinski definition) is 1. The highest BCUT2D eigenvalue weighted by atomic mass is 35.5. The molecule has 3 heterocycles. The second-order valence-corrected chi connectivity index (χ2v) is 6.95. The van der Waals surface area contributed by atoms with E-state index < -0.39 is 0 Å². The SMILES string of the molecule is Cl.O=C(CCN1CCCC1c1cccc2c1OCCO2)N1CCNCC1. The molecule has 1 N–H and O–H groups in total. The molecule has 2 saturated heterocycles. The molecule has 1 unspecified atom stereocenters. The summed E-state index contributed by atoms with van der Waals surface area (Å²) in [5.74, 6) is 2.04. The summed E-state index contributed by atoms with van der Waals surface area (Å²) in [7, 11) is 0. The number of carbonyl (C=O) groups is 1. The number of hydrogen-bond acceptors (Lipinski definition) is 5. The standard InChI is InChI=1S/C19H27N3O3.ClH/c23-18(22-11-7-20-8-12-22)6-10-21-9-2-4-16(21)15-3-1-5-17-19(15)25-14-13-24-17;/h1,3,5,16,20H,2,4,6-14H2;1H. The first-order valence-electron chi connectivity index (χ1n) is 9.44. The van der Waals surface area contributed by atoms with Crippen molar-refractivity contribution in [3.63, 3.8) is 0 Å². The van der Waals surface area contributed by atoms with Gasteiger partial charge in [-0.1, -0.05) is 12.1 Å². The average Bonchev–Trinajstić information content (AvgIpc) is 3.14. The van der Waals surface area contributed by atoms with E-state index in [1.54, 1.807) is 0 Å². The largest absolute Gasteiger partial charge is 0.486 e. The lowest BCUT2D eigenvalue weighted by molar-refractivity contribution is -0.132. The molecule has 0 spiro atoms. The van der Waals surface area contributed by atoms with E-state index >= 15 is 0 Å². The third-order valence-electron chi connectivity index (χ3n) is 5.40. The number of amides is 1. The Balaban J connectivity index is 0.00000196. The molecule has 144 valence electrons. The fourth-order valence-corrected chi connectivity index (χ4v) is 4.12. The van der Waals surface area contributed by atoms with Crippen molar-refractivity contribution in [3.05, 3.63) is 23.8 Å². The van der Waals surface area contributed by atoms with Crippen LogP contribution < -0.4 is 14.8 Å². The Hall–Kier alpha value is -1.50. The summed E-state index contributed by atoms with van der Waals surface area (Å²) in [5, 5.41) is 3.29. The zero-order valence-electron chi connectivity index (χ0n) is 15.1. The van der Waals surface area contributed by atoms with Gasteiger partial charge in [-0.25, -0.2) is 0 Å². The quantitative estimate of drug-likeness (QED) is 0.862. The molecule has 3 aliphatic rings. The van der Waals surface area contributed by atoms with Gasteiger partial charge in [0.05, 0.1) is 0 Å². The third-order valence-corrected chi connectivity index (χ3v) is 5.40. The number of fused-ring (bicyclic) bond motifs is 1. The first-order valence-corrected chi connectivity index (χ1v) is 9.44. The lowest BCUT2D eigenvalue weighted by Gasteiger charge is -2.30. The summed E-state index contributed by atoms with van der Waals surface area (Å²) in [6.07, 6.45) is 2.88. The van der Waals surface area contributed by atoms with Gasteiger partial charge in [0.25, 0.3) is 0 Å². The van der Waals surface area contributed by atoms with Crippen LogP contribution in [0.4, 0.5) is 0 Å². The predicted molar refractivity (Wildman–Crippen MR) is 102 cm³/mol. The summed E-state index contributed by atoms with van der Waals surface area (Å²) in [6.45, 7) is 6.57. The van der Waals surface area contributed by atoms with Crippen LogP contribution in [0.25, 0.3) is 0 Å². The number of nitrogens with zero attached hydrogens (tertiary/aromatic N) is 2. The molecule has 1 amide bonds. The van der Waals surface area contributed by atoms with E-state index in [-0.39, 0.29) is 18.3 Å². The second kappa shape index (κ2) is 8.93. The summed E-state index contributed by atoms with van der Waals surface area (Å²) >= 11 is 0. The fourth-order valence-electron chi connectivity index (χ4n) is 4.12. The highest BCUT2D eigenvalue weighted by Crippen LogP contribution is 2.42. The molecule has 1 atom stereocenters. The molecule has 6 nitrogen and oxygen atoms in total. The molecular formula is C19H28ClN3O3. The van der Waals surface area contributed by atoms with E-state index in [0.29, 0.717) is 25.7 Å². The minimum Gasteiger partial charge on any atom is -0.486 e. The van der Waals surface area contributed by atoms with Gasteiger partial charge in [0.15, 0.2) is 11.5 Å². The van der Waals surface area contributed by atoms with Gasteiger partial charge in [-0.3, -0.25) is 9.69 Å². The number of halogens is 1. The Labute approximate surface area is 161 Å². The fraction of sp³-hybridized carbons (Fsp3) is 0.632. The average molecular weight is 382 g/mol. The predicted octanol–water partition coefficient (Wildman–Crippen LogP) is 1.84. The molecule has 1 aromatic rings. The Morgan fingerprint density at radius 1 is 1.15 bits per heavy atom. The summed E-state index contributed by atoms with van der Waals surface area (Å²) in [5.41, 5.74) is 1.21. The first kappa shape index (κ1) is 19.3. The summed E-state index contributed by atoms with van der Waals surface area (Å²) in [6, 6.07) is 6.50. The molecular weight excluding hydrogens is 354 g/mol. The Kier molecular flexibility index (Phi) is 6.62. The number of likely N-dealkylation sites (tertiary alicyclic amines) is 1. The maximum absolute atomic E-state index is 12.5. The van der Waals surface area contributed by atoms with Crippen LogP contribution in [0.15, 0.2) is 18.2 Å². The zero-order chi connectivity index (χ0) is 17.1. The molecule has 1 aromatic carbocycles. The van der Waals surface area contributed by atoms with Gasteiger partial charge in [-0.15, -0.1) is 12.4 Å². The maximum atomic E-state index is 12.5. The van der Waals surface area contributed by atoms with Crippen LogP contribution in [0.2, 0.25) is 0 Å². The van der Waals surface area contributed by atoms with Gasteiger partial charge in [-0.05, 0) is 25.5 Å². The van der Waals surface area contributed by atoms with Crippen molar-refractivity contribution in [1.29, 1.82) is 0 Å². The van der Waals surface area contributed by atoms with Crippen molar-refractivity contribution < 1.29 is 14.3 Å². The van der Waals surface area contributed by atoms with Crippen molar-refractivity contribution in [2.45, 2.75) is 25.3 Å². The van der Waals surface area contributed by atoms with E-state index in [1.165, 1.54) is 5.56 Å². The number of para-hydroxylation sites is 1. The van der Waals surface area contributed by atoms with E-state index in [2.05, 4.69) is 16.3 Å². The molecule has 0 saturated carbocycles. The smallest absolute Gasteiger partial charge is 0.223 e. The number of carbonyl (C=O) groups excluding carboxylic acids is 1. The molecule has 0 aromatic heterocycles. The Morgan fingerprint density at radius 2 is 1.96 bits per heavy atom. The van der Waals surface area contributed by atoms with Crippen LogP contribution in [0.3, 0.4) is 0 Å². The van der Waals surface area contributed by atoms with Gasteiger partial charge >= 0.3 is 0 Å². The van der Waals surface area contributed by atoms with Crippen molar-refractivity contribution in [2.24, 2.45) is 0 Å². The van der Waals surface area contributed by atoms with Gasteiger partial charge in [0.1, 0.15) is 13.2 Å². The molecule has 0 aliphatic carbocycles. The van der Waals surface area contributed by atoms with Crippen LogP contribution in [-0.4, -0.2) is 68.2 Å². The topological polar surface area (TPSA) is 54.0 Å². The molecule has 26 heavy (non-hydrogen) atoms. The van der Waals surface area contributed by atoms with E-state index in [0.717, 1.165) is 63.6 Å².